The summed E-state index contributed by atoms with van der Waals surface area (Å²) in [5, 5.41) is 2.79. The van der Waals surface area contributed by atoms with Crippen LogP contribution in [0.2, 0.25) is 0 Å². The minimum Gasteiger partial charge on any atom is -0.378 e. The molecular weight excluding hydrogens is 168 g/mol. The molecule has 2 rings (SSSR count). The van der Waals surface area contributed by atoms with E-state index in [1.165, 1.54) is 0 Å². The number of hydrogen-bond acceptors (Lipinski definition) is 3. The zero-order valence-corrected chi connectivity index (χ0v) is 7.66. The molecule has 74 valence electrons. The lowest BCUT2D eigenvalue weighted by atomic mass is 9.90. The van der Waals surface area contributed by atoms with Crippen LogP contribution >= 0.6 is 0 Å². The molecule has 13 heavy (non-hydrogen) atoms. The molecule has 1 unspecified atom stereocenters. The Morgan fingerprint density at radius 2 is 2.31 bits per heavy atom. The van der Waals surface area contributed by atoms with Crippen LogP contribution in [0.15, 0.2) is 0 Å². The summed E-state index contributed by atoms with van der Waals surface area (Å²) in [6.07, 6.45) is 2.94. The molecule has 0 radical (unpaired) electrons. The monoisotopic (exact) mass is 184 g/mol. The fourth-order valence-corrected chi connectivity index (χ4v) is 1.80. The van der Waals surface area contributed by atoms with Crippen molar-refractivity contribution in [1.29, 1.82) is 0 Å². The first-order chi connectivity index (χ1) is 6.24. The van der Waals surface area contributed by atoms with E-state index in [-0.39, 0.29) is 5.91 Å². The molecule has 0 aromatic rings. The van der Waals surface area contributed by atoms with Crippen LogP contribution in [0.1, 0.15) is 19.3 Å². The lowest BCUT2D eigenvalue weighted by Gasteiger charge is -2.32. The van der Waals surface area contributed by atoms with Crippen LogP contribution in [0.5, 0.6) is 0 Å². The molecule has 3 N–H and O–H groups in total. The molecule has 1 amide bonds. The van der Waals surface area contributed by atoms with E-state index in [0.717, 1.165) is 19.4 Å². The topological polar surface area (TPSA) is 64.3 Å². The molecule has 2 fully saturated rings. The van der Waals surface area contributed by atoms with Crippen LogP contribution in [0.3, 0.4) is 0 Å². The summed E-state index contributed by atoms with van der Waals surface area (Å²) < 4.78 is 5.61. The molecule has 1 heterocycles. The van der Waals surface area contributed by atoms with Crippen LogP contribution in [-0.2, 0) is 9.53 Å². The number of carbonyl (C=O) groups is 1. The van der Waals surface area contributed by atoms with E-state index < -0.39 is 0 Å². The van der Waals surface area contributed by atoms with Gasteiger partial charge in [-0.05, 0) is 12.8 Å². The second-order valence-corrected chi connectivity index (χ2v) is 4.06. The Kier molecular flexibility index (Phi) is 2.51. The minimum atomic E-state index is 0.152. The van der Waals surface area contributed by atoms with Gasteiger partial charge in [-0.25, -0.2) is 0 Å². The molecule has 2 aliphatic rings. The van der Waals surface area contributed by atoms with Gasteiger partial charge in [0.1, 0.15) is 0 Å². The van der Waals surface area contributed by atoms with Gasteiger partial charge in [0.2, 0.25) is 5.91 Å². The van der Waals surface area contributed by atoms with Crippen molar-refractivity contribution in [2.24, 2.45) is 11.7 Å². The number of carbonyl (C=O) groups excluding carboxylic acids is 1. The highest BCUT2D eigenvalue weighted by Crippen LogP contribution is 2.22. The fourth-order valence-electron chi connectivity index (χ4n) is 1.80. The molecule has 1 aliphatic heterocycles. The first-order valence-corrected chi connectivity index (χ1v) is 4.88. The average molecular weight is 184 g/mol. The first-order valence-electron chi connectivity index (χ1n) is 4.88. The summed E-state index contributed by atoms with van der Waals surface area (Å²) in [6, 6.07) is 0.341. The molecule has 1 atom stereocenters. The Morgan fingerprint density at radius 1 is 1.54 bits per heavy atom. The van der Waals surface area contributed by atoms with Crippen molar-refractivity contribution >= 4 is 5.91 Å². The second kappa shape index (κ2) is 3.64. The Bertz CT molecular complexity index is 202. The molecular formula is C9H16N2O2. The van der Waals surface area contributed by atoms with E-state index in [0.29, 0.717) is 31.1 Å². The van der Waals surface area contributed by atoms with Crippen molar-refractivity contribution in [2.45, 2.75) is 31.4 Å². The Labute approximate surface area is 77.8 Å². The molecule has 1 saturated carbocycles. The van der Waals surface area contributed by atoms with Gasteiger partial charge in [-0.3, -0.25) is 4.79 Å². The maximum absolute atomic E-state index is 10.8. The van der Waals surface area contributed by atoms with Crippen molar-refractivity contribution in [3.05, 3.63) is 0 Å². The lowest BCUT2D eigenvalue weighted by molar-refractivity contribution is -0.119. The normalized spacial score (nSPS) is 38.5. The summed E-state index contributed by atoms with van der Waals surface area (Å²) in [7, 11) is 0. The van der Waals surface area contributed by atoms with Gasteiger partial charge in [0, 0.05) is 24.9 Å². The van der Waals surface area contributed by atoms with E-state index in [9.17, 15) is 4.79 Å². The van der Waals surface area contributed by atoms with E-state index in [1.54, 1.807) is 0 Å². The number of hydrogen-bond donors (Lipinski definition) is 2. The summed E-state index contributed by atoms with van der Waals surface area (Å²) in [4.78, 5) is 10.8. The van der Waals surface area contributed by atoms with Gasteiger partial charge in [0.05, 0.1) is 12.7 Å². The standard InChI is InChI=1S/C9H16N2O2/c10-7-2-8(3-7)13-5-6-1-9(12)11-4-6/h6-8H,1-5,10H2,(H,11,12). The van der Waals surface area contributed by atoms with Crippen LogP contribution in [-0.4, -0.2) is 31.2 Å². The van der Waals surface area contributed by atoms with Gasteiger partial charge in [-0.2, -0.15) is 0 Å². The Balaban J connectivity index is 1.60. The van der Waals surface area contributed by atoms with Gasteiger partial charge in [0.15, 0.2) is 0 Å². The molecule has 0 spiro atoms. The quantitative estimate of drug-likeness (QED) is 0.629. The molecule has 0 aromatic heterocycles. The van der Waals surface area contributed by atoms with E-state index in [4.69, 9.17) is 10.5 Å². The minimum absolute atomic E-state index is 0.152. The molecule has 0 bridgehead atoms. The summed E-state index contributed by atoms with van der Waals surface area (Å²) in [5.41, 5.74) is 5.63. The third-order valence-corrected chi connectivity index (χ3v) is 2.76. The van der Waals surface area contributed by atoms with Gasteiger partial charge in [-0.1, -0.05) is 0 Å². The van der Waals surface area contributed by atoms with Gasteiger partial charge in [0.25, 0.3) is 0 Å². The SMILES string of the molecule is NC1CC(OCC2CNC(=O)C2)C1. The highest BCUT2D eigenvalue weighted by molar-refractivity contribution is 5.78. The number of rotatable bonds is 3. The van der Waals surface area contributed by atoms with E-state index >= 15 is 0 Å². The fraction of sp³-hybridized carbons (Fsp3) is 0.889. The van der Waals surface area contributed by atoms with Crippen molar-refractivity contribution < 1.29 is 9.53 Å². The highest BCUT2D eigenvalue weighted by atomic mass is 16.5. The van der Waals surface area contributed by atoms with Gasteiger partial charge < -0.3 is 15.8 Å². The predicted octanol–water partition coefficient (Wildman–Crippen LogP) is -0.371. The summed E-state index contributed by atoms with van der Waals surface area (Å²) >= 11 is 0. The van der Waals surface area contributed by atoms with Crippen LogP contribution in [0.25, 0.3) is 0 Å². The third-order valence-electron chi connectivity index (χ3n) is 2.76. The summed E-state index contributed by atoms with van der Waals surface area (Å²) in [6.45, 7) is 1.48. The number of amides is 1. The number of nitrogens with one attached hydrogen (secondary N) is 1. The number of nitrogens with two attached hydrogens (primary N) is 1. The zero-order valence-electron chi connectivity index (χ0n) is 7.66. The Morgan fingerprint density at radius 3 is 2.85 bits per heavy atom. The highest BCUT2D eigenvalue weighted by Gasteiger charge is 2.29. The summed E-state index contributed by atoms with van der Waals surface area (Å²) in [5.74, 6) is 0.531. The van der Waals surface area contributed by atoms with E-state index in [1.807, 2.05) is 0 Å². The maximum Gasteiger partial charge on any atom is 0.220 e. The molecule has 1 saturated heterocycles. The zero-order chi connectivity index (χ0) is 9.26. The number of ether oxygens (including phenoxy) is 1. The lowest BCUT2D eigenvalue weighted by Crippen LogP contribution is -2.42. The molecule has 1 aliphatic carbocycles. The van der Waals surface area contributed by atoms with Crippen LogP contribution in [0.4, 0.5) is 0 Å². The Hall–Kier alpha value is -0.610. The van der Waals surface area contributed by atoms with Crippen molar-refractivity contribution in [2.75, 3.05) is 13.2 Å². The van der Waals surface area contributed by atoms with Crippen LogP contribution < -0.4 is 11.1 Å². The maximum atomic E-state index is 10.8. The molecule has 4 nitrogen and oxygen atoms in total. The van der Waals surface area contributed by atoms with E-state index in [2.05, 4.69) is 5.32 Å². The largest absolute Gasteiger partial charge is 0.378 e. The second-order valence-electron chi connectivity index (χ2n) is 4.06. The van der Waals surface area contributed by atoms with Crippen molar-refractivity contribution in [1.82, 2.24) is 5.32 Å². The van der Waals surface area contributed by atoms with Crippen molar-refractivity contribution in [3.63, 3.8) is 0 Å². The van der Waals surface area contributed by atoms with Crippen molar-refractivity contribution in [3.8, 4) is 0 Å². The third kappa shape index (κ3) is 2.19. The smallest absolute Gasteiger partial charge is 0.220 e. The van der Waals surface area contributed by atoms with Gasteiger partial charge >= 0.3 is 0 Å². The molecule has 4 heteroatoms. The first kappa shape index (κ1) is 8.97. The molecule has 0 aromatic carbocycles. The van der Waals surface area contributed by atoms with Gasteiger partial charge in [-0.15, -0.1) is 0 Å². The average Bonchev–Trinajstić information content (AvgIpc) is 2.43. The predicted molar refractivity (Wildman–Crippen MR) is 48.1 cm³/mol. The van der Waals surface area contributed by atoms with Crippen LogP contribution in [0, 0.1) is 5.92 Å².